The molecule has 1 aromatic heterocycles. The first-order valence-corrected chi connectivity index (χ1v) is 8.37. The first-order valence-electron chi connectivity index (χ1n) is 8.37. The minimum absolute atomic E-state index is 0.130. The first-order chi connectivity index (χ1) is 11.3. The Hall–Kier alpha value is -1.67. The van der Waals surface area contributed by atoms with Crippen LogP contribution < -0.4 is 5.32 Å². The Morgan fingerprint density at radius 3 is 2.96 bits per heavy atom. The lowest BCUT2D eigenvalue weighted by Gasteiger charge is -2.37. The second kappa shape index (κ2) is 7.74. The average molecular weight is 322 g/mol. The van der Waals surface area contributed by atoms with E-state index < -0.39 is 0 Å². The molecule has 0 aromatic carbocycles. The van der Waals surface area contributed by atoms with E-state index in [1.165, 1.54) is 0 Å². The minimum atomic E-state index is 0.130. The molecule has 128 valence electrons. The van der Waals surface area contributed by atoms with Crippen LogP contribution in [0.1, 0.15) is 25.6 Å². The van der Waals surface area contributed by atoms with E-state index in [-0.39, 0.29) is 12.2 Å². The van der Waals surface area contributed by atoms with Gasteiger partial charge in [-0.1, -0.05) is 0 Å². The van der Waals surface area contributed by atoms with Gasteiger partial charge in [-0.05, 0) is 19.8 Å². The fourth-order valence-electron chi connectivity index (χ4n) is 3.02. The average Bonchev–Trinajstić information content (AvgIpc) is 3.23. The zero-order valence-electron chi connectivity index (χ0n) is 13.9. The van der Waals surface area contributed by atoms with Crippen LogP contribution in [0.5, 0.6) is 0 Å². The third-order valence-corrected chi connectivity index (χ3v) is 4.28. The first kappa shape index (κ1) is 16.2. The van der Waals surface area contributed by atoms with Crippen molar-refractivity contribution in [3.05, 3.63) is 12.2 Å². The predicted octanol–water partition coefficient (Wildman–Crippen LogP) is 0.160. The van der Waals surface area contributed by atoms with E-state index >= 15 is 0 Å². The number of aromatic nitrogens is 3. The normalized spacial score (nSPS) is 25.8. The number of rotatable bonds is 4. The molecule has 0 aliphatic carbocycles. The molecule has 2 unspecified atom stereocenters. The van der Waals surface area contributed by atoms with Crippen molar-refractivity contribution < 1.29 is 9.47 Å². The maximum atomic E-state index is 5.91. The van der Waals surface area contributed by atoms with Gasteiger partial charge in [0.25, 0.3) is 0 Å². The molecule has 8 heteroatoms. The van der Waals surface area contributed by atoms with Gasteiger partial charge in [0.1, 0.15) is 24.8 Å². The number of aliphatic imine (C=N–C) groups is 1. The lowest BCUT2D eigenvalue weighted by atomic mass is 10.1. The van der Waals surface area contributed by atoms with Gasteiger partial charge in [-0.2, -0.15) is 5.10 Å². The third-order valence-electron chi connectivity index (χ3n) is 4.28. The molecule has 1 N–H and O–H groups in total. The van der Waals surface area contributed by atoms with E-state index in [0.717, 1.165) is 50.9 Å². The summed E-state index contributed by atoms with van der Waals surface area (Å²) >= 11 is 0. The molecule has 2 fully saturated rings. The smallest absolute Gasteiger partial charge is 0.194 e. The summed E-state index contributed by atoms with van der Waals surface area (Å²) in [6.07, 6.45) is 4.13. The molecule has 0 saturated carbocycles. The SMILES string of the molecule is CCNC(=NCc1ncnn1C)N1CCOC(C2CCCO2)C1. The number of morpholine rings is 1. The fourth-order valence-corrected chi connectivity index (χ4v) is 3.02. The number of ether oxygens (including phenoxy) is 2. The summed E-state index contributed by atoms with van der Waals surface area (Å²) in [5.41, 5.74) is 0. The molecule has 3 heterocycles. The van der Waals surface area contributed by atoms with Crippen LogP contribution in [0.25, 0.3) is 0 Å². The number of aryl methyl sites for hydroxylation is 1. The molecule has 1 aromatic rings. The van der Waals surface area contributed by atoms with Gasteiger partial charge in [-0.25, -0.2) is 9.98 Å². The molecule has 0 amide bonds. The van der Waals surface area contributed by atoms with E-state index in [2.05, 4.69) is 27.2 Å². The van der Waals surface area contributed by atoms with Crippen LogP contribution in [0.15, 0.2) is 11.3 Å². The highest BCUT2D eigenvalue weighted by Gasteiger charge is 2.32. The predicted molar refractivity (Wildman–Crippen MR) is 86.1 cm³/mol. The largest absolute Gasteiger partial charge is 0.375 e. The summed E-state index contributed by atoms with van der Waals surface area (Å²) in [7, 11) is 1.88. The van der Waals surface area contributed by atoms with Crippen molar-refractivity contribution in [3.8, 4) is 0 Å². The van der Waals surface area contributed by atoms with Crippen molar-refractivity contribution in [2.75, 3.05) is 32.8 Å². The molecule has 2 aliphatic rings. The summed E-state index contributed by atoms with van der Waals surface area (Å²) < 4.78 is 13.4. The van der Waals surface area contributed by atoms with Crippen molar-refractivity contribution in [1.82, 2.24) is 25.0 Å². The molecule has 2 atom stereocenters. The summed E-state index contributed by atoms with van der Waals surface area (Å²) in [5.74, 6) is 1.76. The summed E-state index contributed by atoms with van der Waals surface area (Å²) in [6.45, 7) is 6.64. The van der Waals surface area contributed by atoms with Gasteiger partial charge >= 0.3 is 0 Å². The van der Waals surface area contributed by atoms with Crippen molar-refractivity contribution in [3.63, 3.8) is 0 Å². The number of guanidine groups is 1. The van der Waals surface area contributed by atoms with Crippen molar-refractivity contribution in [2.45, 2.75) is 38.5 Å². The van der Waals surface area contributed by atoms with Gasteiger partial charge in [0, 0.05) is 33.3 Å². The summed E-state index contributed by atoms with van der Waals surface area (Å²) in [5, 5.41) is 7.45. The van der Waals surface area contributed by atoms with Crippen LogP contribution in [-0.4, -0.2) is 70.7 Å². The molecule has 0 radical (unpaired) electrons. The zero-order valence-corrected chi connectivity index (χ0v) is 13.9. The van der Waals surface area contributed by atoms with Crippen LogP contribution in [0.2, 0.25) is 0 Å². The third kappa shape index (κ3) is 4.00. The molecule has 2 aliphatic heterocycles. The standard InChI is InChI=1S/C15H26N6O2/c1-3-16-15(17-9-14-18-11-19-20(14)2)21-6-8-23-13(10-21)12-5-4-7-22-12/h11-13H,3-10H2,1-2H3,(H,16,17). The van der Waals surface area contributed by atoms with E-state index in [1.807, 2.05) is 7.05 Å². The van der Waals surface area contributed by atoms with Crippen molar-refractivity contribution >= 4 is 5.96 Å². The molecule has 0 spiro atoms. The maximum Gasteiger partial charge on any atom is 0.194 e. The van der Waals surface area contributed by atoms with Crippen molar-refractivity contribution in [2.24, 2.45) is 12.0 Å². The van der Waals surface area contributed by atoms with Crippen LogP contribution in [0, 0.1) is 0 Å². The highest BCUT2D eigenvalue weighted by Crippen LogP contribution is 2.21. The zero-order chi connectivity index (χ0) is 16.1. The van der Waals surface area contributed by atoms with Gasteiger partial charge < -0.3 is 19.7 Å². The van der Waals surface area contributed by atoms with Gasteiger partial charge in [0.15, 0.2) is 5.96 Å². The van der Waals surface area contributed by atoms with Gasteiger partial charge in [-0.15, -0.1) is 0 Å². The second-order valence-corrected chi connectivity index (χ2v) is 5.88. The maximum absolute atomic E-state index is 5.91. The Bertz CT molecular complexity index is 526. The van der Waals surface area contributed by atoms with Gasteiger partial charge in [-0.3, -0.25) is 4.68 Å². The quantitative estimate of drug-likeness (QED) is 0.629. The number of nitrogens with one attached hydrogen (secondary N) is 1. The molecule has 8 nitrogen and oxygen atoms in total. The molecular formula is C15H26N6O2. The Morgan fingerprint density at radius 1 is 1.39 bits per heavy atom. The lowest BCUT2D eigenvalue weighted by Crippen LogP contribution is -2.53. The highest BCUT2D eigenvalue weighted by atomic mass is 16.5. The second-order valence-electron chi connectivity index (χ2n) is 5.88. The molecule has 0 bridgehead atoms. The van der Waals surface area contributed by atoms with Gasteiger partial charge in [0.05, 0.1) is 12.7 Å². The number of nitrogens with zero attached hydrogens (tertiary/aromatic N) is 5. The molecular weight excluding hydrogens is 296 g/mol. The topological polar surface area (TPSA) is 76.8 Å². The van der Waals surface area contributed by atoms with E-state index in [4.69, 9.17) is 14.5 Å². The minimum Gasteiger partial charge on any atom is -0.375 e. The number of hydrogen-bond donors (Lipinski definition) is 1. The summed E-state index contributed by atoms with van der Waals surface area (Å²) in [6, 6.07) is 0. The Labute approximate surface area is 136 Å². The van der Waals surface area contributed by atoms with Crippen LogP contribution in [0.3, 0.4) is 0 Å². The Morgan fingerprint density at radius 2 is 2.26 bits per heavy atom. The van der Waals surface area contributed by atoms with Crippen molar-refractivity contribution in [1.29, 1.82) is 0 Å². The lowest BCUT2D eigenvalue weighted by molar-refractivity contribution is -0.0817. The fraction of sp³-hybridized carbons (Fsp3) is 0.800. The van der Waals surface area contributed by atoms with E-state index in [1.54, 1.807) is 11.0 Å². The van der Waals surface area contributed by atoms with Crippen LogP contribution in [0.4, 0.5) is 0 Å². The van der Waals surface area contributed by atoms with E-state index in [0.29, 0.717) is 13.2 Å². The summed E-state index contributed by atoms with van der Waals surface area (Å²) in [4.78, 5) is 11.2. The van der Waals surface area contributed by atoms with Crippen LogP contribution in [-0.2, 0) is 23.1 Å². The molecule has 23 heavy (non-hydrogen) atoms. The Balaban J connectivity index is 1.65. The Kier molecular flexibility index (Phi) is 5.45. The van der Waals surface area contributed by atoms with Gasteiger partial charge in [0.2, 0.25) is 0 Å². The van der Waals surface area contributed by atoms with E-state index in [9.17, 15) is 0 Å². The highest BCUT2D eigenvalue weighted by molar-refractivity contribution is 5.80. The molecule has 2 saturated heterocycles. The molecule has 3 rings (SSSR count). The van der Waals surface area contributed by atoms with Crippen LogP contribution >= 0.6 is 0 Å². The number of hydrogen-bond acceptors (Lipinski definition) is 5. The monoisotopic (exact) mass is 322 g/mol.